The molecule has 1 unspecified atom stereocenters. The topological polar surface area (TPSA) is 69.2 Å². The molecule has 2 rings (SSSR count). The molecule has 0 radical (unpaired) electrons. The van der Waals surface area contributed by atoms with Crippen LogP contribution in [0.2, 0.25) is 0 Å². The van der Waals surface area contributed by atoms with Crippen molar-refractivity contribution in [1.82, 2.24) is 5.32 Å². The van der Waals surface area contributed by atoms with E-state index in [2.05, 4.69) is 5.32 Å². The second-order valence-electron chi connectivity index (χ2n) is 8.08. The number of nitrogens with one attached hydrogen (secondary N) is 1. The fourth-order valence-corrected chi connectivity index (χ4v) is 2.69. The summed E-state index contributed by atoms with van der Waals surface area (Å²) in [4.78, 5) is 0. The molecule has 0 saturated heterocycles. The molecule has 0 fully saturated rings. The zero-order chi connectivity index (χ0) is 22.5. The van der Waals surface area contributed by atoms with Crippen LogP contribution < -0.4 is 14.8 Å². The second kappa shape index (κ2) is 14.0. The molecule has 0 aliphatic carbocycles. The Labute approximate surface area is 186 Å². The van der Waals surface area contributed by atoms with Gasteiger partial charge in [0.2, 0.25) is 0 Å². The number of rotatable bonds is 15. The summed E-state index contributed by atoms with van der Waals surface area (Å²) in [5.74, 6) is 1.54. The van der Waals surface area contributed by atoms with E-state index < -0.39 is 6.10 Å². The van der Waals surface area contributed by atoms with Gasteiger partial charge in [0.25, 0.3) is 0 Å². The molecule has 0 amide bonds. The molecular formula is C25H37NO5. The van der Waals surface area contributed by atoms with Crippen LogP contribution in [0.4, 0.5) is 0 Å². The van der Waals surface area contributed by atoms with Gasteiger partial charge in [0.15, 0.2) is 0 Å². The lowest BCUT2D eigenvalue weighted by molar-refractivity contribution is 0.0143. The number of aliphatic hydroxyl groups is 1. The molecule has 0 aromatic heterocycles. The van der Waals surface area contributed by atoms with E-state index in [1.54, 1.807) is 0 Å². The van der Waals surface area contributed by atoms with Crippen molar-refractivity contribution in [3.8, 4) is 11.5 Å². The Kier molecular flexibility index (Phi) is 11.4. The summed E-state index contributed by atoms with van der Waals surface area (Å²) in [6, 6.07) is 16.0. The maximum atomic E-state index is 9.91. The standard InChI is InChI=1S/C25H37NO5/c1-19(2)26-15-23(27)18-31-25-11-7-22(8-12-25)17-30-24-9-5-21(6-10-24)16-28-13-14-29-20(3)4/h5-12,19-20,23,26-27H,13-18H2,1-4H3. The first-order chi connectivity index (χ1) is 14.9. The van der Waals surface area contributed by atoms with Crippen molar-refractivity contribution in [2.24, 2.45) is 0 Å². The molecule has 0 bridgehead atoms. The van der Waals surface area contributed by atoms with Crippen molar-refractivity contribution in [3.63, 3.8) is 0 Å². The minimum absolute atomic E-state index is 0.230. The number of hydrogen-bond acceptors (Lipinski definition) is 6. The van der Waals surface area contributed by atoms with Gasteiger partial charge in [-0.05, 0) is 49.2 Å². The van der Waals surface area contributed by atoms with E-state index in [1.807, 2.05) is 76.2 Å². The molecule has 2 N–H and O–H groups in total. The van der Waals surface area contributed by atoms with Crippen LogP contribution in [0.25, 0.3) is 0 Å². The molecule has 0 aliphatic rings. The van der Waals surface area contributed by atoms with Gasteiger partial charge in [0.1, 0.15) is 30.8 Å². The van der Waals surface area contributed by atoms with Gasteiger partial charge < -0.3 is 29.4 Å². The van der Waals surface area contributed by atoms with E-state index >= 15 is 0 Å². The SMILES string of the molecule is CC(C)NCC(O)COc1ccc(COc2ccc(COCCOC(C)C)cc2)cc1. The highest BCUT2D eigenvalue weighted by atomic mass is 16.5. The lowest BCUT2D eigenvalue weighted by Gasteiger charge is -2.15. The fourth-order valence-electron chi connectivity index (χ4n) is 2.69. The highest BCUT2D eigenvalue weighted by Gasteiger charge is 2.06. The zero-order valence-electron chi connectivity index (χ0n) is 19.2. The van der Waals surface area contributed by atoms with Crippen LogP contribution >= 0.6 is 0 Å². The Morgan fingerprint density at radius 1 is 0.774 bits per heavy atom. The predicted molar refractivity (Wildman–Crippen MR) is 123 cm³/mol. The molecule has 1 atom stereocenters. The number of ether oxygens (including phenoxy) is 4. The highest BCUT2D eigenvalue weighted by molar-refractivity contribution is 5.29. The largest absolute Gasteiger partial charge is 0.491 e. The summed E-state index contributed by atoms with van der Waals surface area (Å²) < 4.78 is 22.6. The summed E-state index contributed by atoms with van der Waals surface area (Å²) in [7, 11) is 0. The highest BCUT2D eigenvalue weighted by Crippen LogP contribution is 2.17. The maximum Gasteiger partial charge on any atom is 0.119 e. The minimum atomic E-state index is -0.535. The summed E-state index contributed by atoms with van der Waals surface area (Å²) >= 11 is 0. The monoisotopic (exact) mass is 431 g/mol. The van der Waals surface area contributed by atoms with Gasteiger partial charge in [-0.15, -0.1) is 0 Å². The Bertz CT molecular complexity index is 716. The van der Waals surface area contributed by atoms with Crippen LogP contribution in [0, 0.1) is 0 Å². The third-order valence-corrected chi connectivity index (χ3v) is 4.40. The van der Waals surface area contributed by atoms with Gasteiger partial charge in [-0.1, -0.05) is 38.1 Å². The Morgan fingerprint density at radius 2 is 1.35 bits per heavy atom. The van der Waals surface area contributed by atoms with Crippen molar-refractivity contribution in [2.45, 2.75) is 59.2 Å². The van der Waals surface area contributed by atoms with E-state index in [0.29, 0.717) is 39.0 Å². The number of aliphatic hydroxyl groups excluding tert-OH is 1. The van der Waals surface area contributed by atoms with Crippen LogP contribution in [0.3, 0.4) is 0 Å². The summed E-state index contributed by atoms with van der Waals surface area (Å²) in [6.07, 6.45) is -0.305. The Hall–Kier alpha value is -2.12. The van der Waals surface area contributed by atoms with Gasteiger partial charge in [0.05, 0.1) is 25.9 Å². The van der Waals surface area contributed by atoms with Crippen LogP contribution in [0.5, 0.6) is 11.5 Å². The molecule has 0 heterocycles. The molecule has 2 aromatic carbocycles. The number of benzene rings is 2. The van der Waals surface area contributed by atoms with Crippen molar-refractivity contribution in [3.05, 3.63) is 59.7 Å². The van der Waals surface area contributed by atoms with Gasteiger partial charge >= 0.3 is 0 Å². The third kappa shape index (κ3) is 11.2. The van der Waals surface area contributed by atoms with E-state index in [-0.39, 0.29) is 12.7 Å². The smallest absolute Gasteiger partial charge is 0.119 e. The lowest BCUT2D eigenvalue weighted by Crippen LogP contribution is -2.35. The van der Waals surface area contributed by atoms with Crippen LogP contribution in [0.1, 0.15) is 38.8 Å². The van der Waals surface area contributed by atoms with Gasteiger partial charge in [-0.25, -0.2) is 0 Å². The Morgan fingerprint density at radius 3 is 1.94 bits per heavy atom. The second-order valence-corrected chi connectivity index (χ2v) is 8.08. The summed E-state index contributed by atoms with van der Waals surface area (Å²) in [6.45, 7) is 11.1. The van der Waals surface area contributed by atoms with Gasteiger partial charge in [0, 0.05) is 12.6 Å². The summed E-state index contributed by atoms with van der Waals surface area (Å²) in [5.41, 5.74) is 2.15. The molecule has 0 aliphatic heterocycles. The van der Waals surface area contributed by atoms with Gasteiger partial charge in [-0.3, -0.25) is 0 Å². The summed E-state index contributed by atoms with van der Waals surface area (Å²) in [5, 5.41) is 13.1. The van der Waals surface area contributed by atoms with Crippen molar-refractivity contribution >= 4 is 0 Å². The first kappa shape index (κ1) is 25.1. The van der Waals surface area contributed by atoms with Crippen LogP contribution in [-0.4, -0.2) is 49.7 Å². The molecule has 0 saturated carbocycles. The predicted octanol–water partition coefficient (Wildman–Crippen LogP) is 3.94. The van der Waals surface area contributed by atoms with Crippen molar-refractivity contribution in [2.75, 3.05) is 26.4 Å². The van der Waals surface area contributed by atoms with Crippen LogP contribution in [0.15, 0.2) is 48.5 Å². The van der Waals surface area contributed by atoms with E-state index in [0.717, 1.165) is 22.6 Å². The zero-order valence-corrected chi connectivity index (χ0v) is 19.2. The third-order valence-electron chi connectivity index (χ3n) is 4.40. The van der Waals surface area contributed by atoms with Crippen molar-refractivity contribution in [1.29, 1.82) is 0 Å². The first-order valence-corrected chi connectivity index (χ1v) is 11.0. The minimum Gasteiger partial charge on any atom is -0.491 e. The first-order valence-electron chi connectivity index (χ1n) is 11.0. The average molecular weight is 432 g/mol. The average Bonchev–Trinajstić information content (AvgIpc) is 2.76. The normalized spacial score (nSPS) is 12.4. The van der Waals surface area contributed by atoms with E-state index in [4.69, 9.17) is 18.9 Å². The molecule has 172 valence electrons. The molecule has 2 aromatic rings. The molecule has 6 heteroatoms. The molecular weight excluding hydrogens is 394 g/mol. The van der Waals surface area contributed by atoms with E-state index in [9.17, 15) is 5.11 Å². The van der Waals surface area contributed by atoms with E-state index in [1.165, 1.54) is 0 Å². The lowest BCUT2D eigenvalue weighted by atomic mass is 10.2. The fraction of sp³-hybridized carbons (Fsp3) is 0.520. The van der Waals surface area contributed by atoms with Crippen LogP contribution in [-0.2, 0) is 22.7 Å². The molecule has 0 spiro atoms. The molecule has 6 nitrogen and oxygen atoms in total. The van der Waals surface area contributed by atoms with Crippen molar-refractivity contribution < 1.29 is 24.1 Å². The van der Waals surface area contributed by atoms with Gasteiger partial charge in [-0.2, -0.15) is 0 Å². The Balaban J connectivity index is 1.67. The molecule has 31 heavy (non-hydrogen) atoms. The number of hydrogen-bond donors (Lipinski definition) is 2. The quantitative estimate of drug-likeness (QED) is 0.416. The maximum absolute atomic E-state index is 9.91.